The Labute approximate surface area is 115 Å². The molecule has 20 heavy (non-hydrogen) atoms. The lowest BCUT2D eigenvalue weighted by Crippen LogP contribution is -2.16. The number of anilines is 1. The molecule has 0 saturated heterocycles. The molecule has 0 radical (unpaired) electrons. The van der Waals surface area contributed by atoms with Crippen molar-refractivity contribution in [3.63, 3.8) is 0 Å². The molecule has 7 heteroatoms. The fourth-order valence-electron chi connectivity index (χ4n) is 1.36. The van der Waals surface area contributed by atoms with Crippen LogP contribution >= 0.6 is 0 Å². The normalized spacial score (nSPS) is 10.9. The maximum absolute atomic E-state index is 10.9. The maximum atomic E-state index is 10.9. The number of benzene rings is 1. The Hall–Kier alpha value is -2.57. The number of hydrazone groups is 1. The van der Waals surface area contributed by atoms with E-state index in [0.29, 0.717) is 18.0 Å². The van der Waals surface area contributed by atoms with Crippen molar-refractivity contribution in [3.05, 3.63) is 24.3 Å². The summed E-state index contributed by atoms with van der Waals surface area (Å²) in [4.78, 5) is 21.3. The molecule has 3 N–H and O–H groups in total. The van der Waals surface area contributed by atoms with Gasteiger partial charge in [-0.3, -0.25) is 10.2 Å². The monoisotopic (exact) mass is 280 g/mol. The zero-order valence-electron chi connectivity index (χ0n) is 11.0. The summed E-state index contributed by atoms with van der Waals surface area (Å²) < 4.78 is 5.27. The highest BCUT2D eigenvalue weighted by molar-refractivity contribution is 6.35. The zero-order chi connectivity index (χ0) is 15.0. The Morgan fingerprint density at radius 2 is 1.85 bits per heavy atom. The minimum absolute atomic E-state index is 0.144. The predicted octanol–water partition coefficient (Wildman–Crippen LogP) is 1.80. The summed E-state index contributed by atoms with van der Waals surface area (Å²) in [6.45, 7) is 2.43. The lowest BCUT2D eigenvalue weighted by Gasteiger charge is -2.05. The van der Waals surface area contributed by atoms with E-state index in [4.69, 9.17) is 14.9 Å². The first-order chi connectivity index (χ1) is 9.52. The maximum Gasteiger partial charge on any atom is 0.352 e. The van der Waals surface area contributed by atoms with Crippen LogP contribution in [0.15, 0.2) is 29.4 Å². The SMILES string of the molecule is CCOc1ccc(N/N=C(/CCC(=O)O)C(=O)O)cc1. The zero-order valence-corrected chi connectivity index (χ0v) is 11.0. The van der Waals surface area contributed by atoms with Gasteiger partial charge in [0.1, 0.15) is 11.5 Å². The van der Waals surface area contributed by atoms with Gasteiger partial charge in [0.25, 0.3) is 0 Å². The lowest BCUT2D eigenvalue weighted by atomic mass is 10.2. The molecule has 0 aliphatic carbocycles. The number of rotatable bonds is 8. The second-order valence-electron chi connectivity index (χ2n) is 3.83. The molecule has 0 atom stereocenters. The molecule has 0 fully saturated rings. The predicted molar refractivity (Wildman–Crippen MR) is 73.2 cm³/mol. The van der Waals surface area contributed by atoms with E-state index in [9.17, 15) is 9.59 Å². The fraction of sp³-hybridized carbons (Fsp3) is 0.308. The van der Waals surface area contributed by atoms with Crippen molar-refractivity contribution < 1.29 is 24.5 Å². The number of hydrogen-bond donors (Lipinski definition) is 3. The first-order valence-electron chi connectivity index (χ1n) is 6.03. The first-order valence-corrected chi connectivity index (χ1v) is 6.03. The Morgan fingerprint density at radius 3 is 2.35 bits per heavy atom. The topological polar surface area (TPSA) is 108 Å². The molecule has 0 heterocycles. The Kier molecular flexibility index (Phi) is 6.02. The average Bonchev–Trinajstić information content (AvgIpc) is 2.40. The molecule has 0 aliphatic heterocycles. The van der Waals surface area contributed by atoms with Crippen molar-refractivity contribution in [2.45, 2.75) is 19.8 Å². The molecule has 0 bridgehead atoms. The van der Waals surface area contributed by atoms with Gasteiger partial charge in [0.05, 0.1) is 18.7 Å². The molecule has 1 aromatic carbocycles. The van der Waals surface area contributed by atoms with Crippen molar-refractivity contribution in [3.8, 4) is 5.75 Å². The molecule has 0 unspecified atom stereocenters. The van der Waals surface area contributed by atoms with Crippen LogP contribution in [0.2, 0.25) is 0 Å². The molecular formula is C13H16N2O5. The van der Waals surface area contributed by atoms with E-state index in [1.54, 1.807) is 24.3 Å². The standard InChI is InChI=1S/C13H16N2O5/c1-2-20-10-5-3-9(4-6-10)14-15-11(13(18)19)7-8-12(16)17/h3-6,14H,2,7-8H2,1H3,(H,16,17)(H,18,19)/b15-11-. The van der Waals surface area contributed by atoms with Gasteiger partial charge in [0, 0.05) is 6.42 Å². The summed E-state index contributed by atoms with van der Waals surface area (Å²) in [5, 5.41) is 21.1. The van der Waals surface area contributed by atoms with Crippen molar-refractivity contribution >= 4 is 23.3 Å². The van der Waals surface area contributed by atoms with Crippen molar-refractivity contribution in [2.24, 2.45) is 5.10 Å². The van der Waals surface area contributed by atoms with Gasteiger partial charge in [0.2, 0.25) is 0 Å². The first kappa shape index (κ1) is 15.5. The third kappa shape index (κ3) is 5.38. The Morgan fingerprint density at radius 1 is 1.20 bits per heavy atom. The van der Waals surface area contributed by atoms with E-state index >= 15 is 0 Å². The molecule has 7 nitrogen and oxygen atoms in total. The molecule has 0 aliphatic rings. The number of nitrogens with one attached hydrogen (secondary N) is 1. The Balaban J connectivity index is 2.66. The van der Waals surface area contributed by atoms with Gasteiger partial charge in [-0.25, -0.2) is 4.79 Å². The third-order valence-electron chi connectivity index (χ3n) is 2.31. The molecule has 0 amide bonds. The van der Waals surface area contributed by atoms with Gasteiger partial charge in [-0.15, -0.1) is 0 Å². The van der Waals surface area contributed by atoms with Crippen molar-refractivity contribution in [2.75, 3.05) is 12.0 Å². The van der Waals surface area contributed by atoms with Gasteiger partial charge in [-0.05, 0) is 31.2 Å². The molecule has 108 valence electrons. The summed E-state index contributed by atoms with van der Waals surface area (Å²) in [6, 6.07) is 6.81. The highest BCUT2D eigenvalue weighted by Crippen LogP contribution is 2.15. The molecule has 0 saturated carbocycles. The fourth-order valence-corrected chi connectivity index (χ4v) is 1.36. The van der Waals surface area contributed by atoms with Crippen molar-refractivity contribution in [1.29, 1.82) is 0 Å². The smallest absolute Gasteiger partial charge is 0.352 e. The van der Waals surface area contributed by atoms with E-state index in [1.807, 2.05) is 6.92 Å². The summed E-state index contributed by atoms with van der Waals surface area (Å²) in [5.41, 5.74) is 2.93. The van der Waals surface area contributed by atoms with Crippen LogP contribution in [0, 0.1) is 0 Å². The highest BCUT2D eigenvalue weighted by Gasteiger charge is 2.11. The Bertz CT molecular complexity index is 496. The number of carboxylic acid groups (broad SMARTS) is 2. The van der Waals surface area contributed by atoms with Crippen LogP contribution in [0.25, 0.3) is 0 Å². The van der Waals surface area contributed by atoms with E-state index in [1.165, 1.54) is 0 Å². The van der Waals surface area contributed by atoms with E-state index in [-0.39, 0.29) is 18.6 Å². The van der Waals surface area contributed by atoms with Gasteiger partial charge in [0.15, 0.2) is 0 Å². The van der Waals surface area contributed by atoms with Crippen LogP contribution in [-0.4, -0.2) is 34.5 Å². The van der Waals surface area contributed by atoms with E-state index < -0.39 is 11.9 Å². The van der Waals surface area contributed by atoms with Gasteiger partial charge in [-0.1, -0.05) is 0 Å². The number of carbonyl (C=O) groups is 2. The summed E-state index contributed by atoms with van der Waals surface area (Å²) in [7, 11) is 0. The minimum Gasteiger partial charge on any atom is -0.494 e. The number of hydrogen-bond acceptors (Lipinski definition) is 5. The molecule has 1 aromatic rings. The van der Waals surface area contributed by atoms with Gasteiger partial charge >= 0.3 is 11.9 Å². The molecule has 0 aromatic heterocycles. The summed E-state index contributed by atoms with van der Waals surface area (Å²) >= 11 is 0. The van der Waals surface area contributed by atoms with Crippen LogP contribution in [0.5, 0.6) is 5.75 Å². The van der Waals surface area contributed by atoms with E-state index in [2.05, 4.69) is 10.5 Å². The number of ether oxygens (including phenoxy) is 1. The van der Waals surface area contributed by atoms with Crippen LogP contribution in [-0.2, 0) is 9.59 Å². The van der Waals surface area contributed by atoms with Crippen LogP contribution in [0.4, 0.5) is 5.69 Å². The lowest BCUT2D eigenvalue weighted by molar-refractivity contribution is -0.136. The quantitative estimate of drug-likeness (QED) is 0.495. The molecular weight excluding hydrogens is 264 g/mol. The molecule has 1 rings (SSSR count). The van der Waals surface area contributed by atoms with Crippen LogP contribution in [0.3, 0.4) is 0 Å². The summed E-state index contributed by atoms with van der Waals surface area (Å²) in [6.07, 6.45) is -0.426. The van der Waals surface area contributed by atoms with Gasteiger partial charge < -0.3 is 14.9 Å². The highest BCUT2D eigenvalue weighted by atomic mass is 16.5. The number of carboxylic acids is 2. The second-order valence-corrected chi connectivity index (χ2v) is 3.83. The second kappa shape index (κ2) is 7.78. The van der Waals surface area contributed by atoms with Crippen LogP contribution in [0.1, 0.15) is 19.8 Å². The van der Waals surface area contributed by atoms with Crippen molar-refractivity contribution in [1.82, 2.24) is 0 Å². The number of aliphatic carboxylic acids is 2. The molecule has 0 spiro atoms. The summed E-state index contributed by atoms with van der Waals surface area (Å²) in [5.74, 6) is -1.61. The number of nitrogens with zero attached hydrogens (tertiary/aromatic N) is 1. The van der Waals surface area contributed by atoms with Crippen LogP contribution < -0.4 is 10.2 Å². The largest absolute Gasteiger partial charge is 0.494 e. The average molecular weight is 280 g/mol. The third-order valence-corrected chi connectivity index (χ3v) is 2.31. The minimum atomic E-state index is -1.25. The van der Waals surface area contributed by atoms with E-state index in [0.717, 1.165) is 0 Å². The van der Waals surface area contributed by atoms with Gasteiger partial charge in [-0.2, -0.15) is 5.10 Å².